The number of nitrogens with one attached hydrogen (secondary N) is 1. The highest BCUT2D eigenvalue weighted by Gasteiger charge is 2.29. The van der Waals surface area contributed by atoms with Gasteiger partial charge in [-0.15, -0.1) is 0 Å². The van der Waals surface area contributed by atoms with Gasteiger partial charge in [0.05, 0.1) is 29.9 Å². The van der Waals surface area contributed by atoms with E-state index in [1.807, 2.05) is 11.0 Å². The first-order valence-electron chi connectivity index (χ1n) is 12.8. The molecule has 7 heteroatoms. The van der Waals surface area contributed by atoms with Gasteiger partial charge >= 0.3 is 0 Å². The van der Waals surface area contributed by atoms with Gasteiger partial charge < -0.3 is 24.1 Å². The second-order valence-corrected chi connectivity index (χ2v) is 10.4. The molecule has 1 saturated carbocycles. The topological polar surface area (TPSA) is 64.3 Å². The maximum absolute atomic E-state index is 13.4. The standard InChI is InChI=1S/C28H31N5O2/c1-31-25-12-19-8-10-32(16-21-17-35-11-9-29-21)28(34)22(19)14-23(25)30-27(31)26-13-20-4-2-3-5-24(20)33(26)15-18-6-7-18/h2-5,12-14,18,21,29H,6-11,15-17H2,1H3/t21-/m0/s1. The Morgan fingerprint density at radius 3 is 2.83 bits per heavy atom. The second kappa shape index (κ2) is 8.21. The van der Waals surface area contributed by atoms with Crippen molar-refractivity contribution in [2.45, 2.75) is 31.8 Å². The predicted octanol–water partition coefficient (Wildman–Crippen LogP) is 3.59. The maximum Gasteiger partial charge on any atom is 0.254 e. The van der Waals surface area contributed by atoms with Crippen molar-refractivity contribution in [2.24, 2.45) is 13.0 Å². The van der Waals surface area contributed by atoms with Crippen molar-refractivity contribution in [3.8, 4) is 11.5 Å². The molecule has 0 radical (unpaired) electrons. The molecular weight excluding hydrogens is 438 g/mol. The molecule has 1 saturated heterocycles. The summed E-state index contributed by atoms with van der Waals surface area (Å²) >= 11 is 0. The zero-order valence-corrected chi connectivity index (χ0v) is 20.2. The minimum Gasteiger partial charge on any atom is -0.378 e. The molecule has 2 aromatic carbocycles. The zero-order valence-electron chi connectivity index (χ0n) is 20.2. The number of carbonyl (C=O) groups is 1. The Balaban J connectivity index is 1.27. The van der Waals surface area contributed by atoms with Gasteiger partial charge in [-0.25, -0.2) is 4.98 Å². The van der Waals surface area contributed by atoms with Crippen molar-refractivity contribution in [1.29, 1.82) is 0 Å². The molecule has 0 bridgehead atoms. The Bertz CT molecular complexity index is 1440. The number of carbonyl (C=O) groups excluding carboxylic acids is 1. The molecule has 1 N–H and O–H groups in total. The largest absolute Gasteiger partial charge is 0.378 e. The molecule has 7 nitrogen and oxygen atoms in total. The third kappa shape index (κ3) is 3.65. The Morgan fingerprint density at radius 1 is 1.11 bits per heavy atom. The number of benzene rings is 2. The summed E-state index contributed by atoms with van der Waals surface area (Å²) in [6, 6.07) is 15.3. The number of para-hydroxylation sites is 1. The van der Waals surface area contributed by atoms with Crippen LogP contribution in [0.2, 0.25) is 0 Å². The van der Waals surface area contributed by atoms with Crippen molar-refractivity contribution in [1.82, 2.24) is 24.3 Å². The highest BCUT2D eigenvalue weighted by molar-refractivity contribution is 6.00. The molecule has 180 valence electrons. The van der Waals surface area contributed by atoms with Crippen LogP contribution in [0.4, 0.5) is 0 Å². The summed E-state index contributed by atoms with van der Waals surface area (Å²) in [5.74, 6) is 1.84. The summed E-state index contributed by atoms with van der Waals surface area (Å²) in [5.41, 5.74) is 6.32. The summed E-state index contributed by atoms with van der Waals surface area (Å²) in [4.78, 5) is 20.5. The molecule has 7 rings (SSSR count). The van der Waals surface area contributed by atoms with Gasteiger partial charge in [0.15, 0.2) is 5.82 Å². The summed E-state index contributed by atoms with van der Waals surface area (Å²) in [6.07, 6.45) is 3.48. The van der Waals surface area contributed by atoms with Crippen LogP contribution in [-0.4, -0.2) is 63.8 Å². The lowest BCUT2D eigenvalue weighted by Crippen LogP contribution is -2.51. The summed E-state index contributed by atoms with van der Waals surface area (Å²) in [6.45, 7) is 4.72. The van der Waals surface area contributed by atoms with Gasteiger partial charge in [0, 0.05) is 55.7 Å². The monoisotopic (exact) mass is 469 g/mol. The van der Waals surface area contributed by atoms with Gasteiger partial charge in [-0.05, 0) is 55.0 Å². The number of morpholine rings is 1. The SMILES string of the molecule is Cn1c(-c2cc3ccccc3n2CC2CC2)nc2cc3c(cc21)CCN(C[C@H]1COCCN1)C3=O. The molecular formula is C28H31N5O2. The van der Waals surface area contributed by atoms with E-state index in [9.17, 15) is 4.79 Å². The Kier molecular flexibility index (Phi) is 4.96. The molecule has 2 aliphatic heterocycles. The van der Waals surface area contributed by atoms with Crippen LogP contribution in [0.25, 0.3) is 33.5 Å². The van der Waals surface area contributed by atoms with E-state index in [1.165, 1.54) is 23.7 Å². The van der Waals surface area contributed by atoms with Crippen molar-refractivity contribution in [3.05, 3.63) is 53.6 Å². The maximum atomic E-state index is 13.4. The van der Waals surface area contributed by atoms with E-state index in [1.54, 1.807) is 0 Å². The molecule has 0 unspecified atom stereocenters. The van der Waals surface area contributed by atoms with Crippen molar-refractivity contribution >= 4 is 27.8 Å². The molecule has 2 fully saturated rings. The van der Waals surface area contributed by atoms with E-state index in [2.05, 4.69) is 57.9 Å². The summed E-state index contributed by atoms with van der Waals surface area (Å²) in [5, 5.41) is 4.72. The number of ether oxygens (including phenoxy) is 1. The number of aryl methyl sites for hydroxylation is 1. The number of rotatable bonds is 5. The fraction of sp³-hybridized carbons (Fsp3) is 0.429. The molecule has 2 aromatic heterocycles. The van der Waals surface area contributed by atoms with E-state index < -0.39 is 0 Å². The molecule has 1 amide bonds. The first-order valence-corrected chi connectivity index (χ1v) is 12.8. The lowest BCUT2D eigenvalue weighted by atomic mass is 9.97. The highest BCUT2D eigenvalue weighted by Crippen LogP contribution is 2.37. The van der Waals surface area contributed by atoms with Crippen molar-refractivity contribution in [2.75, 3.05) is 32.8 Å². The average Bonchev–Trinajstić information content (AvgIpc) is 3.56. The summed E-state index contributed by atoms with van der Waals surface area (Å²) < 4.78 is 10.2. The molecule has 4 heterocycles. The first-order chi connectivity index (χ1) is 17.2. The normalized spacial score (nSPS) is 20.7. The van der Waals surface area contributed by atoms with Gasteiger partial charge in [-0.2, -0.15) is 0 Å². The minimum absolute atomic E-state index is 0.107. The van der Waals surface area contributed by atoms with Crippen LogP contribution in [0.1, 0.15) is 28.8 Å². The Labute approximate surface area is 204 Å². The van der Waals surface area contributed by atoms with Crippen LogP contribution in [0.15, 0.2) is 42.5 Å². The van der Waals surface area contributed by atoms with Crippen LogP contribution >= 0.6 is 0 Å². The molecule has 1 aliphatic carbocycles. The van der Waals surface area contributed by atoms with E-state index in [4.69, 9.17) is 9.72 Å². The molecule has 4 aromatic rings. The Hall–Kier alpha value is -3.16. The fourth-order valence-corrected chi connectivity index (χ4v) is 5.77. The highest BCUT2D eigenvalue weighted by atomic mass is 16.5. The number of fused-ring (bicyclic) bond motifs is 3. The van der Waals surface area contributed by atoms with Crippen LogP contribution in [0.5, 0.6) is 0 Å². The zero-order chi connectivity index (χ0) is 23.5. The van der Waals surface area contributed by atoms with Crippen LogP contribution in [-0.2, 0) is 24.8 Å². The van der Waals surface area contributed by atoms with Crippen LogP contribution < -0.4 is 5.32 Å². The number of nitrogens with zero attached hydrogens (tertiary/aromatic N) is 4. The van der Waals surface area contributed by atoms with Gasteiger partial charge in [0.2, 0.25) is 0 Å². The van der Waals surface area contributed by atoms with Gasteiger partial charge in [-0.1, -0.05) is 18.2 Å². The quantitative estimate of drug-likeness (QED) is 0.485. The number of amides is 1. The number of hydrogen-bond donors (Lipinski definition) is 1. The molecule has 35 heavy (non-hydrogen) atoms. The lowest BCUT2D eigenvalue weighted by Gasteiger charge is -2.33. The minimum atomic E-state index is 0.107. The van der Waals surface area contributed by atoms with E-state index >= 15 is 0 Å². The number of aromatic nitrogens is 3. The van der Waals surface area contributed by atoms with Gasteiger partial charge in [-0.3, -0.25) is 4.79 Å². The molecule has 1 atom stereocenters. The van der Waals surface area contributed by atoms with Crippen molar-refractivity contribution in [3.63, 3.8) is 0 Å². The van der Waals surface area contributed by atoms with Crippen molar-refractivity contribution < 1.29 is 9.53 Å². The molecule has 0 spiro atoms. The third-order valence-electron chi connectivity index (χ3n) is 7.89. The summed E-state index contributed by atoms with van der Waals surface area (Å²) in [7, 11) is 2.10. The van der Waals surface area contributed by atoms with Gasteiger partial charge in [0.1, 0.15) is 0 Å². The van der Waals surface area contributed by atoms with E-state index in [-0.39, 0.29) is 11.9 Å². The first kappa shape index (κ1) is 21.1. The lowest BCUT2D eigenvalue weighted by molar-refractivity contribution is 0.0512. The van der Waals surface area contributed by atoms with Gasteiger partial charge in [0.25, 0.3) is 5.91 Å². The molecule has 3 aliphatic rings. The fourth-order valence-electron chi connectivity index (χ4n) is 5.77. The number of imidazole rings is 1. The number of hydrogen-bond acceptors (Lipinski definition) is 4. The second-order valence-electron chi connectivity index (χ2n) is 10.4. The third-order valence-corrected chi connectivity index (χ3v) is 7.89. The predicted molar refractivity (Wildman–Crippen MR) is 137 cm³/mol. The average molecular weight is 470 g/mol. The van der Waals surface area contributed by atoms with E-state index in [0.29, 0.717) is 13.2 Å². The Morgan fingerprint density at radius 2 is 2.00 bits per heavy atom. The van der Waals surface area contributed by atoms with E-state index in [0.717, 1.165) is 72.3 Å². The smallest absolute Gasteiger partial charge is 0.254 e. The van der Waals surface area contributed by atoms with Crippen LogP contribution in [0, 0.1) is 5.92 Å². The van der Waals surface area contributed by atoms with Crippen LogP contribution in [0.3, 0.4) is 0 Å².